The standard InChI is InChI=1S/C52H42O2S/c1-5-31-26-39(28-46(52(31)54)40(6-2)42-22-18-37-16-14-33-10-8-12-35-20-24-44(42)50(37)48(33)35)55-38-25-29(3)51(53)45(27-38)30(4)41-21-17-36-15-13-32-9-7-11-34-19-23-43(41)49(36)47(32)34/h7-28,30,40,53-54H,5-6H2,1-4H3. The Morgan fingerprint density at radius 3 is 1.53 bits per heavy atom. The van der Waals surface area contributed by atoms with Gasteiger partial charge in [-0.25, -0.2) is 0 Å². The molecule has 0 fully saturated rings. The first kappa shape index (κ1) is 33.8. The molecule has 0 aliphatic rings. The second-order valence-electron chi connectivity index (χ2n) is 15.4. The molecule has 3 heteroatoms. The maximum atomic E-state index is 11.9. The highest BCUT2D eigenvalue weighted by molar-refractivity contribution is 7.99. The summed E-state index contributed by atoms with van der Waals surface area (Å²) in [4.78, 5) is 2.16. The molecule has 10 aromatic rings. The lowest BCUT2D eigenvalue weighted by Crippen LogP contribution is -2.04. The van der Waals surface area contributed by atoms with Crippen molar-refractivity contribution in [1.82, 2.24) is 0 Å². The second kappa shape index (κ2) is 12.9. The van der Waals surface area contributed by atoms with Crippen LogP contribution in [0.4, 0.5) is 0 Å². The Balaban J connectivity index is 1.06. The molecule has 0 heterocycles. The van der Waals surface area contributed by atoms with Gasteiger partial charge in [-0.05, 0) is 131 Å². The zero-order chi connectivity index (χ0) is 37.5. The van der Waals surface area contributed by atoms with Crippen molar-refractivity contribution in [3.8, 4) is 11.5 Å². The number of aromatic hydroxyl groups is 2. The third-order valence-corrected chi connectivity index (χ3v) is 13.3. The monoisotopic (exact) mass is 730 g/mol. The second-order valence-corrected chi connectivity index (χ2v) is 16.5. The van der Waals surface area contributed by atoms with Crippen molar-refractivity contribution in [2.45, 2.75) is 62.2 Å². The summed E-state index contributed by atoms with van der Waals surface area (Å²) in [7, 11) is 0. The lowest BCUT2D eigenvalue weighted by atomic mass is 9.82. The van der Waals surface area contributed by atoms with Crippen molar-refractivity contribution in [2.24, 2.45) is 0 Å². The van der Waals surface area contributed by atoms with Crippen molar-refractivity contribution in [2.75, 3.05) is 0 Å². The lowest BCUT2D eigenvalue weighted by Gasteiger charge is -2.23. The van der Waals surface area contributed by atoms with Crippen LogP contribution >= 0.6 is 11.8 Å². The van der Waals surface area contributed by atoms with Crippen molar-refractivity contribution >= 4 is 76.4 Å². The molecule has 2 unspecified atom stereocenters. The Hall–Kier alpha value is -5.77. The minimum Gasteiger partial charge on any atom is -0.507 e. The first-order valence-corrected chi connectivity index (χ1v) is 20.3. The van der Waals surface area contributed by atoms with Crippen LogP contribution < -0.4 is 0 Å². The van der Waals surface area contributed by atoms with E-state index in [0.717, 1.165) is 44.9 Å². The molecule has 0 bridgehead atoms. The minimum absolute atomic E-state index is 0.0158. The van der Waals surface area contributed by atoms with Gasteiger partial charge < -0.3 is 10.2 Å². The third kappa shape index (κ3) is 5.24. The molecule has 55 heavy (non-hydrogen) atoms. The summed E-state index contributed by atoms with van der Waals surface area (Å²) in [5.74, 6) is 0.726. The fraction of sp³-hybridized carbons (Fsp3) is 0.154. The number of aryl methyl sites for hydroxylation is 2. The molecule has 10 rings (SSSR count). The Bertz CT molecular complexity index is 3070. The maximum Gasteiger partial charge on any atom is 0.122 e. The van der Waals surface area contributed by atoms with E-state index in [-0.39, 0.29) is 11.8 Å². The van der Waals surface area contributed by atoms with E-state index in [9.17, 15) is 10.2 Å². The van der Waals surface area contributed by atoms with Gasteiger partial charge in [0.05, 0.1) is 0 Å². The van der Waals surface area contributed by atoms with Crippen LogP contribution in [0.1, 0.15) is 72.4 Å². The normalized spacial score (nSPS) is 13.3. The first-order chi connectivity index (χ1) is 26.8. The third-order valence-electron chi connectivity index (χ3n) is 12.3. The van der Waals surface area contributed by atoms with E-state index in [1.807, 2.05) is 6.92 Å². The molecule has 0 aliphatic carbocycles. The molecular formula is C52H42O2S. The summed E-state index contributed by atoms with van der Waals surface area (Å²) in [6.07, 6.45) is 1.59. The Morgan fingerprint density at radius 1 is 0.491 bits per heavy atom. The van der Waals surface area contributed by atoms with E-state index in [1.165, 1.54) is 75.8 Å². The van der Waals surface area contributed by atoms with Crippen LogP contribution in [0.25, 0.3) is 64.6 Å². The minimum atomic E-state index is -0.0376. The summed E-state index contributed by atoms with van der Waals surface area (Å²) in [6, 6.07) is 48.6. The molecule has 0 amide bonds. The van der Waals surface area contributed by atoms with Crippen LogP contribution in [0.5, 0.6) is 11.5 Å². The van der Waals surface area contributed by atoms with Gasteiger partial charge in [0, 0.05) is 32.8 Å². The fourth-order valence-electron chi connectivity index (χ4n) is 9.55. The molecule has 0 aliphatic heterocycles. The average Bonchev–Trinajstić information content (AvgIpc) is 3.21. The average molecular weight is 731 g/mol. The van der Waals surface area contributed by atoms with Crippen LogP contribution in [0.2, 0.25) is 0 Å². The van der Waals surface area contributed by atoms with Crippen molar-refractivity contribution in [1.29, 1.82) is 0 Å². The van der Waals surface area contributed by atoms with E-state index in [1.54, 1.807) is 11.8 Å². The fourth-order valence-corrected chi connectivity index (χ4v) is 10.6. The zero-order valence-electron chi connectivity index (χ0n) is 31.6. The summed E-state index contributed by atoms with van der Waals surface area (Å²) in [5.41, 5.74) is 6.16. The Labute approximate surface area is 325 Å². The molecule has 10 aromatic carbocycles. The van der Waals surface area contributed by atoms with E-state index >= 15 is 0 Å². The van der Waals surface area contributed by atoms with Gasteiger partial charge in [0.1, 0.15) is 11.5 Å². The van der Waals surface area contributed by atoms with E-state index in [0.29, 0.717) is 11.5 Å². The number of rotatable bonds is 8. The predicted molar refractivity (Wildman–Crippen MR) is 234 cm³/mol. The molecular weight excluding hydrogens is 689 g/mol. The van der Waals surface area contributed by atoms with Gasteiger partial charge in [0.25, 0.3) is 0 Å². The highest BCUT2D eigenvalue weighted by Crippen LogP contribution is 2.47. The maximum absolute atomic E-state index is 11.9. The lowest BCUT2D eigenvalue weighted by molar-refractivity contribution is 0.457. The van der Waals surface area contributed by atoms with Crippen LogP contribution in [-0.2, 0) is 6.42 Å². The highest BCUT2D eigenvalue weighted by atomic mass is 32.2. The molecule has 2 N–H and O–H groups in total. The van der Waals surface area contributed by atoms with Crippen molar-refractivity contribution < 1.29 is 10.2 Å². The number of benzene rings is 10. The molecule has 0 saturated carbocycles. The Morgan fingerprint density at radius 2 is 0.964 bits per heavy atom. The van der Waals surface area contributed by atoms with Gasteiger partial charge in [-0.15, -0.1) is 0 Å². The molecule has 268 valence electrons. The summed E-state index contributed by atoms with van der Waals surface area (Å²) in [5, 5.41) is 38.7. The zero-order valence-corrected chi connectivity index (χ0v) is 32.4. The van der Waals surface area contributed by atoms with Gasteiger partial charge in [-0.3, -0.25) is 0 Å². The van der Waals surface area contributed by atoms with E-state index in [2.05, 4.69) is 154 Å². The van der Waals surface area contributed by atoms with E-state index < -0.39 is 0 Å². The first-order valence-electron chi connectivity index (χ1n) is 19.5. The molecule has 0 radical (unpaired) electrons. The van der Waals surface area contributed by atoms with Crippen molar-refractivity contribution in [3.05, 3.63) is 167 Å². The van der Waals surface area contributed by atoms with Gasteiger partial charge in [0.15, 0.2) is 0 Å². The number of phenols is 2. The van der Waals surface area contributed by atoms with Gasteiger partial charge in [-0.1, -0.05) is 142 Å². The van der Waals surface area contributed by atoms with Crippen LogP contribution in [0, 0.1) is 6.92 Å². The number of hydrogen-bond donors (Lipinski definition) is 2. The summed E-state index contributed by atoms with van der Waals surface area (Å²) < 4.78 is 0. The van der Waals surface area contributed by atoms with Crippen molar-refractivity contribution in [3.63, 3.8) is 0 Å². The largest absolute Gasteiger partial charge is 0.507 e. The molecule has 0 saturated heterocycles. The molecule has 0 spiro atoms. The summed E-state index contributed by atoms with van der Waals surface area (Å²) in [6.45, 7) is 8.56. The predicted octanol–water partition coefficient (Wildman–Crippen LogP) is 14.6. The molecule has 2 nitrogen and oxygen atoms in total. The summed E-state index contributed by atoms with van der Waals surface area (Å²) >= 11 is 1.71. The van der Waals surface area contributed by atoms with Crippen LogP contribution in [-0.4, -0.2) is 10.2 Å². The number of phenolic OH excluding ortho intramolecular Hbond substituents is 2. The quantitative estimate of drug-likeness (QED) is 0.153. The SMILES string of the molecule is CCc1cc(Sc2cc(C)c(O)c(C(C)c3ccc4ccc5cccc6ccc3c4c56)c2)cc(C(CC)c2ccc3ccc4cccc5ccc2c3c45)c1O. The topological polar surface area (TPSA) is 40.5 Å². The van der Waals surface area contributed by atoms with Gasteiger partial charge in [-0.2, -0.15) is 0 Å². The van der Waals surface area contributed by atoms with Gasteiger partial charge in [0.2, 0.25) is 0 Å². The smallest absolute Gasteiger partial charge is 0.122 e. The van der Waals surface area contributed by atoms with Crippen LogP contribution in [0.15, 0.2) is 143 Å². The van der Waals surface area contributed by atoms with Gasteiger partial charge >= 0.3 is 0 Å². The Kier molecular flexibility index (Phi) is 7.94. The number of hydrogen-bond acceptors (Lipinski definition) is 3. The molecule has 0 aromatic heterocycles. The molecule has 2 atom stereocenters. The van der Waals surface area contributed by atoms with E-state index in [4.69, 9.17) is 0 Å². The van der Waals surface area contributed by atoms with Crippen LogP contribution in [0.3, 0.4) is 0 Å². The highest BCUT2D eigenvalue weighted by Gasteiger charge is 2.24.